The zero-order valence-electron chi connectivity index (χ0n) is 17.9. The standard InChI is InChI=1S/C21H35N7O/c1-14(2)17-12-25-28-20(24-11-16-5-4-8-27(16)3)9-19(26-21(17)28)23-10-15-6-7-22-13-18(15)29/h9,12,14-16,18,22,24,29H,4-8,10-11,13H2,1-3H3,(H,23,26)/t15?,16?,18-/m0/s1. The average molecular weight is 402 g/mol. The smallest absolute Gasteiger partial charge is 0.163 e. The van der Waals surface area contributed by atoms with Gasteiger partial charge in [0.15, 0.2) is 5.65 Å². The number of likely N-dealkylation sites (tertiary alicyclic amines) is 1. The molecule has 2 aromatic rings. The van der Waals surface area contributed by atoms with E-state index in [1.807, 2.05) is 16.8 Å². The van der Waals surface area contributed by atoms with Crippen LogP contribution in [-0.4, -0.2) is 76.5 Å². The van der Waals surface area contributed by atoms with Crippen molar-refractivity contribution < 1.29 is 5.11 Å². The normalized spacial score (nSPS) is 25.8. The van der Waals surface area contributed by atoms with E-state index in [1.54, 1.807) is 0 Å². The van der Waals surface area contributed by atoms with Gasteiger partial charge in [-0.1, -0.05) is 13.8 Å². The Morgan fingerprint density at radius 1 is 1.28 bits per heavy atom. The highest BCUT2D eigenvalue weighted by Crippen LogP contribution is 2.25. The third kappa shape index (κ3) is 4.49. The summed E-state index contributed by atoms with van der Waals surface area (Å²) < 4.78 is 1.93. The van der Waals surface area contributed by atoms with Crippen molar-refractivity contribution in [3.63, 3.8) is 0 Å². The molecule has 2 saturated heterocycles. The van der Waals surface area contributed by atoms with Crippen molar-refractivity contribution in [3.8, 4) is 0 Å². The minimum Gasteiger partial charge on any atom is -0.391 e. The maximum Gasteiger partial charge on any atom is 0.163 e. The van der Waals surface area contributed by atoms with E-state index in [0.717, 1.165) is 48.9 Å². The Hall–Kier alpha value is -1.90. The molecule has 0 amide bonds. The predicted octanol–water partition coefficient (Wildman–Crippen LogP) is 1.74. The van der Waals surface area contributed by atoms with Gasteiger partial charge in [-0.3, -0.25) is 0 Å². The zero-order valence-corrected chi connectivity index (χ0v) is 17.9. The molecule has 2 unspecified atom stereocenters. The first kappa shape index (κ1) is 20.4. The van der Waals surface area contributed by atoms with Crippen LogP contribution in [-0.2, 0) is 0 Å². The monoisotopic (exact) mass is 401 g/mol. The number of nitrogens with one attached hydrogen (secondary N) is 3. The number of fused-ring (bicyclic) bond motifs is 1. The van der Waals surface area contributed by atoms with Crippen molar-refractivity contribution >= 4 is 17.3 Å². The fraction of sp³-hybridized carbons (Fsp3) is 0.714. The predicted molar refractivity (Wildman–Crippen MR) is 117 cm³/mol. The Kier molecular flexibility index (Phi) is 6.22. The molecular formula is C21H35N7O. The van der Waals surface area contributed by atoms with Crippen LogP contribution in [0.1, 0.15) is 44.6 Å². The third-order valence-corrected chi connectivity index (χ3v) is 6.45. The van der Waals surface area contributed by atoms with Crippen molar-refractivity contribution in [1.29, 1.82) is 0 Å². The van der Waals surface area contributed by atoms with E-state index in [4.69, 9.17) is 4.98 Å². The van der Waals surface area contributed by atoms with Crippen molar-refractivity contribution in [1.82, 2.24) is 24.8 Å². The van der Waals surface area contributed by atoms with Crippen LogP contribution in [0, 0.1) is 5.92 Å². The number of hydrogen-bond acceptors (Lipinski definition) is 7. The van der Waals surface area contributed by atoms with E-state index in [1.165, 1.54) is 19.4 Å². The van der Waals surface area contributed by atoms with Gasteiger partial charge in [-0.2, -0.15) is 9.61 Å². The molecule has 0 saturated carbocycles. The Bertz CT molecular complexity index is 821. The van der Waals surface area contributed by atoms with Crippen LogP contribution in [0.25, 0.3) is 5.65 Å². The van der Waals surface area contributed by atoms with Gasteiger partial charge in [0.05, 0.1) is 12.3 Å². The Morgan fingerprint density at radius 2 is 2.14 bits per heavy atom. The summed E-state index contributed by atoms with van der Waals surface area (Å²) in [6, 6.07) is 2.60. The lowest BCUT2D eigenvalue weighted by Gasteiger charge is -2.28. The molecule has 2 aliphatic heterocycles. The molecule has 8 heteroatoms. The molecule has 2 fully saturated rings. The van der Waals surface area contributed by atoms with Gasteiger partial charge in [-0.15, -0.1) is 0 Å². The van der Waals surface area contributed by atoms with Crippen molar-refractivity contribution in [3.05, 3.63) is 17.8 Å². The van der Waals surface area contributed by atoms with Crippen molar-refractivity contribution in [2.75, 3.05) is 50.4 Å². The van der Waals surface area contributed by atoms with Gasteiger partial charge >= 0.3 is 0 Å². The highest BCUT2D eigenvalue weighted by Gasteiger charge is 2.24. The van der Waals surface area contributed by atoms with Crippen molar-refractivity contribution in [2.45, 2.75) is 51.2 Å². The summed E-state index contributed by atoms with van der Waals surface area (Å²) in [7, 11) is 2.20. The molecule has 0 aromatic carbocycles. The van der Waals surface area contributed by atoms with Crippen LogP contribution in [0.5, 0.6) is 0 Å². The second-order valence-electron chi connectivity index (χ2n) is 8.88. The molecule has 4 heterocycles. The lowest BCUT2D eigenvalue weighted by atomic mass is 9.95. The van der Waals surface area contributed by atoms with Crippen molar-refractivity contribution in [2.24, 2.45) is 5.92 Å². The van der Waals surface area contributed by atoms with E-state index in [2.05, 4.69) is 46.8 Å². The van der Waals surface area contributed by atoms with Crippen LogP contribution in [0.2, 0.25) is 0 Å². The first-order valence-corrected chi connectivity index (χ1v) is 11.0. The molecule has 2 aliphatic rings. The third-order valence-electron chi connectivity index (χ3n) is 6.45. The second-order valence-corrected chi connectivity index (χ2v) is 8.88. The number of rotatable bonds is 7. The van der Waals surface area contributed by atoms with E-state index >= 15 is 0 Å². The van der Waals surface area contributed by atoms with Crippen LogP contribution in [0.15, 0.2) is 12.3 Å². The van der Waals surface area contributed by atoms with Gasteiger partial charge in [0.2, 0.25) is 0 Å². The Morgan fingerprint density at radius 3 is 2.86 bits per heavy atom. The second kappa shape index (κ2) is 8.85. The summed E-state index contributed by atoms with van der Waals surface area (Å²) in [5.74, 6) is 2.41. The topological polar surface area (TPSA) is 89.8 Å². The molecule has 0 aliphatic carbocycles. The van der Waals surface area contributed by atoms with Gasteiger partial charge in [0, 0.05) is 43.2 Å². The van der Waals surface area contributed by atoms with Gasteiger partial charge < -0.3 is 26.0 Å². The van der Waals surface area contributed by atoms with Crippen LogP contribution in [0.3, 0.4) is 0 Å². The van der Waals surface area contributed by atoms with E-state index in [-0.39, 0.29) is 12.0 Å². The number of aromatic nitrogens is 3. The number of β-amino-alcohol motifs (C(OH)–C–C–N with tert-alkyl or cyclic N) is 1. The first-order valence-electron chi connectivity index (χ1n) is 11.0. The maximum absolute atomic E-state index is 10.2. The molecule has 0 radical (unpaired) electrons. The zero-order chi connectivity index (χ0) is 20.4. The SMILES string of the molecule is CC(C)c1cnn2c(NCC3CCCN3C)cc(NCC3CCNC[C@@H]3O)nc12. The number of hydrogen-bond donors (Lipinski definition) is 4. The molecule has 3 atom stereocenters. The fourth-order valence-electron chi connectivity index (χ4n) is 4.43. The molecule has 4 rings (SSSR count). The number of aliphatic hydroxyl groups excluding tert-OH is 1. The molecule has 8 nitrogen and oxygen atoms in total. The summed E-state index contributed by atoms with van der Waals surface area (Å²) >= 11 is 0. The summed E-state index contributed by atoms with van der Waals surface area (Å²) in [4.78, 5) is 7.29. The molecule has 4 N–H and O–H groups in total. The van der Waals surface area contributed by atoms with E-state index in [9.17, 15) is 5.11 Å². The van der Waals surface area contributed by atoms with Gasteiger partial charge in [0.25, 0.3) is 0 Å². The lowest BCUT2D eigenvalue weighted by molar-refractivity contribution is 0.0883. The van der Waals surface area contributed by atoms with Gasteiger partial charge in [-0.25, -0.2) is 4.98 Å². The van der Waals surface area contributed by atoms with Gasteiger partial charge in [0.1, 0.15) is 11.6 Å². The summed E-state index contributed by atoms with van der Waals surface area (Å²) in [5, 5.41) is 25.2. The maximum atomic E-state index is 10.2. The van der Waals surface area contributed by atoms with Crippen LogP contribution in [0.4, 0.5) is 11.6 Å². The molecule has 29 heavy (non-hydrogen) atoms. The molecule has 0 spiro atoms. The summed E-state index contributed by atoms with van der Waals surface area (Å²) in [6.07, 6.45) is 5.09. The highest BCUT2D eigenvalue weighted by molar-refractivity contribution is 5.61. The fourth-order valence-corrected chi connectivity index (χ4v) is 4.43. The largest absolute Gasteiger partial charge is 0.391 e. The minimum atomic E-state index is -0.309. The summed E-state index contributed by atoms with van der Waals surface area (Å²) in [6.45, 7) is 8.76. The van der Waals surface area contributed by atoms with Gasteiger partial charge in [-0.05, 0) is 45.3 Å². The highest BCUT2D eigenvalue weighted by atomic mass is 16.3. The first-order chi connectivity index (χ1) is 14.0. The van der Waals surface area contributed by atoms with E-state index in [0.29, 0.717) is 18.5 Å². The number of nitrogens with zero attached hydrogens (tertiary/aromatic N) is 4. The molecule has 160 valence electrons. The molecular weight excluding hydrogens is 366 g/mol. The quantitative estimate of drug-likeness (QED) is 0.562. The lowest BCUT2D eigenvalue weighted by Crippen LogP contribution is -2.43. The van der Waals surface area contributed by atoms with Crippen LogP contribution < -0.4 is 16.0 Å². The number of aliphatic hydroxyl groups is 1. The minimum absolute atomic E-state index is 0.243. The Labute approximate surface area is 173 Å². The van der Waals surface area contributed by atoms with Crippen LogP contribution >= 0.6 is 0 Å². The molecule has 2 aromatic heterocycles. The van der Waals surface area contributed by atoms with E-state index < -0.39 is 0 Å². The average Bonchev–Trinajstić information content (AvgIpc) is 3.31. The number of likely N-dealkylation sites (N-methyl/N-ethyl adjacent to an activating group) is 1. The molecule has 0 bridgehead atoms. The summed E-state index contributed by atoms with van der Waals surface area (Å²) in [5.41, 5.74) is 2.05. The Balaban J connectivity index is 1.55. The number of anilines is 2. The number of piperidine rings is 1.